The van der Waals surface area contributed by atoms with Crippen molar-refractivity contribution in [2.45, 2.75) is 52.6 Å². The van der Waals surface area contributed by atoms with Gasteiger partial charge in [-0.2, -0.15) is 0 Å². The number of carbonyl (C=O) groups excluding carboxylic acids is 2. The predicted octanol–water partition coefficient (Wildman–Crippen LogP) is 3.71. The summed E-state index contributed by atoms with van der Waals surface area (Å²) in [6, 6.07) is 5.90. The first-order valence-electron chi connectivity index (χ1n) is 7.69. The quantitative estimate of drug-likeness (QED) is 0.681. The minimum absolute atomic E-state index is 0.256. The van der Waals surface area contributed by atoms with E-state index in [0.717, 1.165) is 30.5 Å². The van der Waals surface area contributed by atoms with Gasteiger partial charge in [-0.25, -0.2) is 4.79 Å². The summed E-state index contributed by atoms with van der Waals surface area (Å²) in [6.07, 6.45) is 4.48. The number of fused-ring (bicyclic) bond motifs is 1. The molecule has 0 atom stereocenters. The van der Waals surface area contributed by atoms with E-state index in [9.17, 15) is 9.59 Å². The maximum atomic E-state index is 12.1. The van der Waals surface area contributed by atoms with E-state index in [2.05, 4.69) is 12.2 Å². The number of anilines is 1. The van der Waals surface area contributed by atoms with Crippen LogP contribution in [0.4, 0.5) is 5.69 Å². The third-order valence-corrected chi connectivity index (χ3v) is 3.35. The van der Waals surface area contributed by atoms with Crippen molar-refractivity contribution in [2.75, 3.05) is 5.32 Å². The molecule has 0 saturated carbocycles. The molecule has 0 aromatic heterocycles. The van der Waals surface area contributed by atoms with E-state index in [1.165, 1.54) is 11.6 Å². The zero-order valence-electron chi connectivity index (χ0n) is 13.7. The van der Waals surface area contributed by atoms with Crippen LogP contribution in [0.25, 0.3) is 5.57 Å². The zero-order chi connectivity index (χ0) is 16.3. The highest BCUT2D eigenvalue weighted by atomic mass is 16.6. The minimum Gasteiger partial charge on any atom is -0.457 e. The lowest BCUT2D eigenvalue weighted by Crippen LogP contribution is -2.23. The normalized spacial score (nSPS) is 15.6. The van der Waals surface area contributed by atoms with Crippen LogP contribution in [0, 0.1) is 0 Å². The number of benzene rings is 1. The van der Waals surface area contributed by atoms with Gasteiger partial charge in [-0.1, -0.05) is 19.4 Å². The van der Waals surface area contributed by atoms with Gasteiger partial charge in [0.25, 0.3) is 5.91 Å². The van der Waals surface area contributed by atoms with E-state index in [4.69, 9.17) is 4.74 Å². The van der Waals surface area contributed by atoms with Crippen molar-refractivity contribution in [3.05, 3.63) is 35.4 Å². The van der Waals surface area contributed by atoms with Crippen LogP contribution in [0.1, 0.15) is 51.7 Å². The topological polar surface area (TPSA) is 55.4 Å². The number of aryl methyl sites for hydroxylation is 1. The van der Waals surface area contributed by atoms with Crippen LogP contribution in [0.3, 0.4) is 0 Å². The number of ether oxygens (including phenoxy) is 1. The molecule has 1 N–H and O–H groups in total. The van der Waals surface area contributed by atoms with Crippen molar-refractivity contribution >= 4 is 23.1 Å². The number of amides is 1. The van der Waals surface area contributed by atoms with E-state index in [0.29, 0.717) is 5.57 Å². The Morgan fingerprint density at radius 2 is 2.05 bits per heavy atom. The average molecular weight is 301 g/mol. The molecule has 1 amide bonds. The van der Waals surface area contributed by atoms with E-state index < -0.39 is 11.6 Å². The molecular formula is C18H23NO3. The number of hydrogen-bond donors (Lipinski definition) is 1. The van der Waals surface area contributed by atoms with E-state index >= 15 is 0 Å². The van der Waals surface area contributed by atoms with Crippen LogP contribution in [0.5, 0.6) is 0 Å². The predicted molar refractivity (Wildman–Crippen MR) is 87.5 cm³/mol. The Bertz CT molecular complexity index is 624. The summed E-state index contributed by atoms with van der Waals surface area (Å²) in [5.74, 6) is -0.752. The first-order valence-corrected chi connectivity index (χ1v) is 7.69. The van der Waals surface area contributed by atoms with Gasteiger partial charge in [0.1, 0.15) is 5.60 Å². The second kappa shape index (κ2) is 6.34. The van der Waals surface area contributed by atoms with Crippen molar-refractivity contribution in [3.8, 4) is 0 Å². The first-order chi connectivity index (χ1) is 10.3. The van der Waals surface area contributed by atoms with Gasteiger partial charge in [0.2, 0.25) is 0 Å². The van der Waals surface area contributed by atoms with Gasteiger partial charge < -0.3 is 10.1 Å². The van der Waals surface area contributed by atoms with Crippen molar-refractivity contribution < 1.29 is 14.3 Å². The molecule has 4 heteroatoms. The maximum Gasteiger partial charge on any atom is 0.332 e. The molecule has 1 aliphatic rings. The lowest BCUT2D eigenvalue weighted by atomic mass is 10.0. The highest BCUT2D eigenvalue weighted by Gasteiger charge is 2.26. The fourth-order valence-corrected chi connectivity index (χ4v) is 2.36. The average Bonchev–Trinajstić information content (AvgIpc) is 2.70. The lowest BCUT2D eigenvalue weighted by molar-refractivity contribution is -0.148. The molecule has 22 heavy (non-hydrogen) atoms. The molecular weight excluding hydrogens is 278 g/mol. The Hall–Kier alpha value is -2.10. The summed E-state index contributed by atoms with van der Waals surface area (Å²) in [6.45, 7) is 7.55. The largest absolute Gasteiger partial charge is 0.457 e. The summed E-state index contributed by atoms with van der Waals surface area (Å²) < 4.78 is 5.26. The lowest BCUT2D eigenvalue weighted by Gasteiger charge is -2.18. The van der Waals surface area contributed by atoms with Crippen molar-refractivity contribution in [1.29, 1.82) is 0 Å². The highest BCUT2D eigenvalue weighted by Crippen LogP contribution is 2.33. The highest BCUT2D eigenvalue weighted by molar-refractivity contribution is 6.33. The number of hydrogen-bond acceptors (Lipinski definition) is 3. The smallest absolute Gasteiger partial charge is 0.332 e. The second-order valence-corrected chi connectivity index (χ2v) is 6.53. The van der Waals surface area contributed by atoms with Crippen LogP contribution in [-0.4, -0.2) is 17.5 Å². The number of esters is 1. The first kappa shape index (κ1) is 16.3. The Kier molecular flexibility index (Phi) is 4.69. The van der Waals surface area contributed by atoms with Crippen molar-refractivity contribution in [2.24, 2.45) is 0 Å². The molecule has 1 aliphatic heterocycles. The van der Waals surface area contributed by atoms with Gasteiger partial charge in [-0.15, -0.1) is 0 Å². The minimum atomic E-state index is -0.574. The fraction of sp³-hybridized carbons (Fsp3) is 0.444. The third-order valence-electron chi connectivity index (χ3n) is 3.35. The number of unbranched alkanes of at least 4 members (excludes halogenated alkanes) is 1. The van der Waals surface area contributed by atoms with Crippen molar-refractivity contribution in [1.82, 2.24) is 0 Å². The second-order valence-electron chi connectivity index (χ2n) is 6.53. The van der Waals surface area contributed by atoms with Crippen LogP contribution in [0.15, 0.2) is 24.3 Å². The molecule has 0 unspecified atom stereocenters. The Morgan fingerprint density at radius 1 is 1.32 bits per heavy atom. The van der Waals surface area contributed by atoms with Crippen LogP contribution in [0.2, 0.25) is 0 Å². The summed E-state index contributed by atoms with van der Waals surface area (Å²) in [5.41, 5.74) is 2.51. The molecule has 0 aliphatic carbocycles. The van der Waals surface area contributed by atoms with Gasteiger partial charge in [0.15, 0.2) is 0 Å². The summed E-state index contributed by atoms with van der Waals surface area (Å²) >= 11 is 0. The molecule has 4 nitrogen and oxygen atoms in total. The monoisotopic (exact) mass is 301 g/mol. The molecule has 0 spiro atoms. The van der Waals surface area contributed by atoms with Gasteiger partial charge in [-0.05, 0) is 51.3 Å². The van der Waals surface area contributed by atoms with Crippen molar-refractivity contribution in [3.63, 3.8) is 0 Å². The molecule has 118 valence electrons. The van der Waals surface area contributed by atoms with E-state index in [1.54, 1.807) is 20.8 Å². The summed E-state index contributed by atoms with van der Waals surface area (Å²) in [4.78, 5) is 24.0. The van der Waals surface area contributed by atoms with E-state index in [-0.39, 0.29) is 5.91 Å². The molecule has 1 aromatic carbocycles. The molecule has 1 aromatic rings. The summed E-state index contributed by atoms with van der Waals surface area (Å²) in [5, 5.41) is 2.78. The van der Waals surface area contributed by atoms with Crippen LogP contribution >= 0.6 is 0 Å². The van der Waals surface area contributed by atoms with Gasteiger partial charge in [-0.3, -0.25) is 4.79 Å². The molecule has 2 rings (SSSR count). The Morgan fingerprint density at radius 3 is 2.68 bits per heavy atom. The fourth-order valence-electron chi connectivity index (χ4n) is 2.36. The SMILES string of the molecule is CCCCc1ccc2c(c1)/C(=C\C(=O)OC(C)(C)C)C(=O)N2. The zero-order valence-corrected chi connectivity index (χ0v) is 13.7. The molecule has 0 radical (unpaired) electrons. The van der Waals surface area contributed by atoms with Gasteiger partial charge in [0, 0.05) is 17.3 Å². The van der Waals surface area contributed by atoms with Crippen LogP contribution < -0.4 is 5.32 Å². The summed E-state index contributed by atoms with van der Waals surface area (Å²) in [7, 11) is 0. The molecule has 0 fully saturated rings. The maximum absolute atomic E-state index is 12.1. The molecule has 0 saturated heterocycles. The van der Waals surface area contributed by atoms with E-state index in [1.807, 2.05) is 18.2 Å². The standard InChI is InChI=1S/C18H23NO3/c1-5-6-7-12-8-9-15-13(10-12)14(17(21)19-15)11-16(20)22-18(2,3)4/h8-11H,5-7H2,1-4H3,(H,19,21)/b14-11+. The Labute approximate surface area is 131 Å². The molecule has 1 heterocycles. The Balaban J connectivity index is 2.28. The number of nitrogens with one attached hydrogen (secondary N) is 1. The van der Waals surface area contributed by atoms with Crippen LogP contribution in [-0.2, 0) is 20.7 Å². The number of carbonyl (C=O) groups is 2. The third kappa shape index (κ3) is 3.97. The van der Waals surface area contributed by atoms with Gasteiger partial charge >= 0.3 is 5.97 Å². The molecule has 0 bridgehead atoms. The van der Waals surface area contributed by atoms with Gasteiger partial charge in [0.05, 0.1) is 5.57 Å². The number of rotatable bonds is 4.